The van der Waals surface area contributed by atoms with E-state index in [1.807, 2.05) is 18.2 Å². The molecule has 0 saturated carbocycles. The lowest BCUT2D eigenvalue weighted by atomic mass is 9.96. The van der Waals surface area contributed by atoms with Gasteiger partial charge in [-0.2, -0.15) is 4.31 Å². The van der Waals surface area contributed by atoms with Crippen LogP contribution in [0.4, 0.5) is 5.69 Å². The van der Waals surface area contributed by atoms with Gasteiger partial charge in [-0.15, -0.1) is 11.3 Å². The minimum Gasteiger partial charge on any atom is -0.493 e. The summed E-state index contributed by atoms with van der Waals surface area (Å²) in [7, 11) is -1.81. The van der Waals surface area contributed by atoms with Gasteiger partial charge in [0.25, 0.3) is 0 Å². The second-order valence-corrected chi connectivity index (χ2v) is 10.8. The van der Waals surface area contributed by atoms with E-state index in [1.165, 1.54) is 4.31 Å². The highest BCUT2D eigenvalue weighted by molar-refractivity contribution is 7.89. The Labute approximate surface area is 185 Å². The summed E-state index contributed by atoms with van der Waals surface area (Å²) in [5.74, 6) is 0.583. The van der Waals surface area contributed by atoms with Crippen molar-refractivity contribution >= 4 is 43.2 Å². The lowest BCUT2D eigenvalue weighted by Crippen LogP contribution is -2.43. The number of sulfonamides is 1. The number of carbonyl (C=O) groups excluding carboxylic acids is 1. The molecule has 7 nitrogen and oxygen atoms in total. The Morgan fingerprint density at radius 1 is 1.19 bits per heavy atom. The molecule has 9 heteroatoms. The Kier molecular flexibility index (Phi) is 5.19. The summed E-state index contributed by atoms with van der Waals surface area (Å²) >= 11 is 1.57. The van der Waals surface area contributed by atoms with E-state index in [9.17, 15) is 13.2 Å². The maximum atomic E-state index is 13.1. The van der Waals surface area contributed by atoms with E-state index < -0.39 is 10.0 Å². The van der Waals surface area contributed by atoms with Crippen molar-refractivity contribution in [3.05, 3.63) is 47.5 Å². The number of rotatable bonds is 4. The van der Waals surface area contributed by atoms with Gasteiger partial charge in [-0.1, -0.05) is 0 Å². The number of benzene rings is 2. The average Bonchev–Trinajstić information content (AvgIpc) is 3.46. The fraction of sp³-hybridized carbons (Fsp3) is 0.364. The topological polar surface area (TPSA) is 79.8 Å². The molecule has 0 N–H and O–H groups in total. The first kappa shape index (κ1) is 20.4. The smallest absolute Gasteiger partial charge is 0.243 e. The molecular weight excluding hydrogens is 434 g/mol. The summed E-state index contributed by atoms with van der Waals surface area (Å²) in [6.45, 7) is 1.27. The summed E-state index contributed by atoms with van der Waals surface area (Å²) in [6, 6.07) is 10.9. The molecule has 2 aliphatic rings. The maximum Gasteiger partial charge on any atom is 0.243 e. The Bertz CT molecular complexity index is 1250. The quantitative estimate of drug-likeness (QED) is 0.601. The summed E-state index contributed by atoms with van der Waals surface area (Å²) in [6.07, 6.45) is 1.75. The van der Waals surface area contributed by atoms with Gasteiger partial charge >= 0.3 is 0 Å². The number of aromatic nitrogens is 1. The summed E-state index contributed by atoms with van der Waals surface area (Å²) in [4.78, 5) is 19.3. The molecule has 3 heterocycles. The minimum atomic E-state index is -3.58. The molecule has 0 bridgehead atoms. The van der Waals surface area contributed by atoms with Crippen molar-refractivity contribution < 1.29 is 17.9 Å². The monoisotopic (exact) mass is 457 g/mol. The second kappa shape index (κ2) is 7.89. The number of hydrogen-bond donors (Lipinski definition) is 0. The van der Waals surface area contributed by atoms with Gasteiger partial charge in [0.2, 0.25) is 15.9 Å². The normalized spacial score (nSPS) is 17.5. The number of carbonyl (C=O) groups is 1. The number of anilines is 1. The summed E-state index contributed by atoms with van der Waals surface area (Å²) in [5, 5.41) is 0. The third-order valence-electron chi connectivity index (χ3n) is 6.13. The highest BCUT2D eigenvalue weighted by Crippen LogP contribution is 2.31. The highest BCUT2D eigenvalue weighted by Gasteiger charge is 2.34. The third kappa shape index (κ3) is 3.71. The standard InChI is InChI=1S/C22H23N3O4S2/c1-24(17-2-5-21-19(13-17)23-14-30-21)22(26)15-6-9-25(10-7-15)31(27,28)18-3-4-20-16(12-18)8-11-29-20/h2-5,12-15H,6-11H2,1H3. The number of fused-ring (bicyclic) bond motifs is 2. The third-order valence-corrected chi connectivity index (χ3v) is 8.84. The molecule has 31 heavy (non-hydrogen) atoms. The molecule has 162 valence electrons. The van der Waals surface area contributed by atoms with E-state index in [2.05, 4.69) is 4.98 Å². The van der Waals surface area contributed by atoms with Crippen LogP contribution in [0.2, 0.25) is 0 Å². The molecule has 1 saturated heterocycles. The first-order valence-corrected chi connectivity index (χ1v) is 12.6. The zero-order valence-corrected chi connectivity index (χ0v) is 18.8. The van der Waals surface area contributed by atoms with Gasteiger partial charge in [0.1, 0.15) is 5.75 Å². The second-order valence-electron chi connectivity index (χ2n) is 7.95. The van der Waals surface area contributed by atoms with Crippen molar-refractivity contribution in [2.45, 2.75) is 24.2 Å². The van der Waals surface area contributed by atoms with Gasteiger partial charge in [-0.25, -0.2) is 13.4 Å². The van der Waals surface area contributed by atoms with Gasteiger partial charge in [0.05, 0.1) is 27.2 Å². The van der Waals surface area contributed by atoms with E-state index in [0.717, 1.165) is 33.6 Å². The van der Waals surface area contributed by atoms with Crippen LogP contribution in [-0.2, 0) is 21.2 Å². The Balaban J connectivity index is 1.26. The van der Waals surface area contributed by atoms with Crippen LogP contribution in [-0.4, -0.2) is 50.4 Å². The summed E-state index contributed by atoms with van der Waals surface area (Å²) in [5.41, 5.74) is 4.41. The number of piperidine rings is 1. The largest absolute Gasteiger partial charge is 0.493 e. The van der Waals surface area contributed by atoms with Crippen LogP contribution >= 0.6 is 11.3 Å². The van der Waals surface area contributed by atoms with Crippen LogP contribution in [0.25, 0.3) is 10.2 Å². The van der Waals surface area contributed by atoms with Crippen molar-refractivity contribution in [1.82, 2.24) is 9.29 Å². The molecule has 1 aromatic heterocycles. The van der Waals surface area contributed by atoms with E-state index in [1.54, 1.807) is 47.0 Å². The first-order valence-electron chi connectivity index (χ1n) is 10.3. The molecular formula is C22H23N3O4S2. The number of thiazole rings is 1. The fourth-order valence-corrected chi connectivity index (χ4v) is 6.45. The molecule has 5 rings (SSSR count). The molecule has 1 amide bonds. The zero-order chi connectivity index (χ0) is 21.6. The molecule has 0 unspecified atom stereocenters. The number of nitrogens with zero attached hydrogens (tertiary/aromatic N) is 3. The predicted molar refractivity (Wildman–Crippen MR) is 120 cm³/mol. The predicted octanol–water partition coefficient (Wildman–Crippen LogP) is 3.29. The molecule has 0 atom stereocenters. The molecule has 3 aromatic rings. The van der Waals surface area contributed by atoms with Gasteiger partial charge in [0.15, 0.2) is 0 Å². The number of hydrogen-bond acceptors (Lipinski definition) is 6. The average molecular weight is 458 g/mol. The Morgan fingerprint density at radius 2 is 2.00 bits per heavy atom. The summed E-state index contributed by atoms with van der Waals surface area (Å²) < 4.78 is 34.3. The Hall–Kier alpha value is -2.49. The van der Waals surface area contributed by atoms with Crippen molar-refractivity contribution in [2.24, 2.45) is 5.92 Å². The van der Waals surface area contributed by atoms with E-state index in [4.69, 9.17) is 4.74 Å². The van der Waals surface area contributed by atoms with Crippen LogP contribution in [0, 0.1) is 5.92 Å². The number of ether oxygens (including phenoxy) is 1. The van der Waals surface area contributed by atoms with Crippen molar-refractivity contribution in [3.8, 4) is 5.75 Å². The van der Waals surface area contributed by atoms with Gasteiger partial charge in [-0.05, 0) is 54.8 Å². The van der Waals surface area contributed by atoms with E-state index in [0.29, 0.717) is 37.4 Å². The number of amides is 1. The molecule has 2 aliphatic heterocycles. The molecule has 0 radical (unpaired) electrons. The molecule has 0 aliphatic carbocycles. The fourth-order valence-electron chi connectivity index (χ4n) is 4.27. The van der Waals surface area contributed by atoms with Crippen LogP contribution in [0.3, 0.4) is 0 Å². The minimum absolute atomic E-state index is 0.0151. The van der Waals surface area contributed by atoms with E-state index in [-0.39, 0.29) is 11.8 Å². The first-order chi connectivity index (χ1) is 14.9. The van der Waals surface area contributed by atoms with E-state index >= 15 is 0 Å². The molecule has 2 aromatic carbocycles. The van der Waals surface area contributed by atoms with Gasteiger partial charge in [-0.3, -0.25) is 4.79 Å². The molecule has 0 spiro atoms. The van der Waals surface area contributed by atoms with Gasteiger partial charge < -0.3 is 9.64 Å². The van der Waals surface area contributed by atoms with Crippen LogP contribution in [0.1, 0.15) is 18.4 Å². The Morgan fingerprint density at radius 3 is 2.81 bits per heavy atom. The van der Waals surface area contributed by atoms with Crippen LogP contribution in [0.15, 0.2) is 46.8 Å². The van der Waals surface area contributed by atoms with Crippen LogP contribution < -0.4 is 9.64 Å². The SMILES string of the molecule is CN(C(=O)C1CCN(S(=O)(=O)c2ccc3c(c2)CCO3)CC1)c1ccc2scnc2c1. The van der Waals surface area contributed by atoms with Crippen molar-refractivity contribution in [3.63, 3.8) is 0 Å². The highest BCUT2D eigenvalue weighted by atomic mass is 32.2. The maximum absolute atomic E-state index is 13.1. The van der Waals surface area contributed by atoms with Crippen LogP contribution in [0.5, 0.6) is 5.75 Å². The van der Waals surface area contributed by atoms with Gasteiger partial charge in [0, 0.05) is 38.2 Å². The van der Waals surface area contributed by atoms with Crippen molar-refractivity contribution in [2.75, 3.05) is 31.6 Å². The molecule has 1 fully saturated rings. The zero-order valence-electron chi connectivity index (χ0n) is 17.2. The lowest BCUT2D eigenvalue weighted by Gasteiger charge is -2.32. The lowest BCUT2D eigenvalue weighted by molar-refractivity contribution is -0.123. The van der Waals surface area contributed by atoms with Crippen molar-refractivity contribution in [1.29, 1.82) is 0 Å².